The molecule has 0 saturated carbocycles. The van der Waals surface area contributed by atoms with Crippen LogP contribution in [0.5, 0.6) is 5.75 Å². The van der Waals surface area contributed by atoms with E-state index in [0.29, 0.717) is 22.6 Å². The monoisotopic (exact) mass is 245 g/mol. The van der Waals surface area contributed by atoms with Gasteiger partial charge < -0.3 is 4.74 Å². The van der Waals surface area contributed by atoms with Gasteiger partial charge in [-0.15, -0.1) is 0 Å². The number of nitrogens with zero attached hydrogens (tertiary/aromatic N) is 3. The van der Waals surface area contributed by atoms with Crippen LogP contribution in [0.1, 0.15) is 5.56 Å². The van der Waals surface area contributed by atoms with Crippen molar-refractivity contribution in [1.82, 2.24) is 9.97 Å². The van der Waals surface area contributed by atoms with Crippen LogP contribution in [0.3, 0.4) is 0 Å². The average Bonchev–Trinajstić information content (AvgIpc) is 2.38. The number of hydrogen-bond donors (Lipinski definition) is 0. The largest absolute Gasteiger partial charge is 0.496 e. The zero-order chi connectivity index (χ0) is 12.3. The van der Waals surface area contributed by atoms with Gasteiger partial charge in [-0.25, -0.2) is 4.98 Å². The van der Waals surface area contributed by atoms with Crippen LogP contribution in [0.4, 0.5) is 0 Å². The quantitative estimate of drug-likeness (QED) is 0.816. The molecule has 0 fully saturated rings. The van der Waals surface area contributed by atoms with Gasteiger partial charge in [0, 0.05) is 18.0 Å². The predicted molar refractivity (Wildman–Crippen MR) is 63.7 cm³/mol. The molecule has 1 aromatic heterocycles. The molecule has 0 N–H and O–H groups in total. The smallest absolute Gasteiger partial charge is 0.155 e. The Balaban J connectivity index is 2.65. The first-order valence-electron chi connectivity index (χ1n) is 4.81. The van der Waals surface area contributed by atoms with Crippen LogP contribution in [0, 0.1) is 11.3 Å². The Hall–Kier alpha value is -2.12. The summed E-state index contributed by atoms with van der Waals surface area (Å²) in [6.07, 6.45) is 3.05. The normalized spacial score (nSPS) is 9.71. The number of nitriles is 1. The van der Waals surface area contributed by atoms with Crippen LogP contribution in [-0.2, 0) is 0 Å². The number of aromatic nitrogens is 2. The Morgan fingerprint density at radius 1 is 1.29 bits per heavy atom. The Kier molecular flexibility index (Phi) is 3.22. The molecule has 84 valence electrons. The Labute approximate surface area is 103 Å². The molecule has 2 rings (SSSR count). The second kappa shape index (κ2) is 4.81. The van der Waals surface area contributed by atoms with Crippen molar-refractivity contribution in [3.63, 3.8) is 0 Å². The van der Waals surface area contributed by atoms with E-state index >= 15 is 0 Å². The minimum absolute atomic E-state index is 0.279. The third-order valence-electron chi connectivity index (χ3n) is 2.24. The average molecular weight is 246 g/mol. The van der Waals surface area contributed by atoms with E-state index in [-0.39, 0.29) is 5.15 Å². The Bertz CT molecular complexity index is 593. The van der Waals surface area contributed by atoms with Gasteiger partial charge in [0.25, 0.3) is 0 Å². The van der Waals surface area contributed by atoms with E-state index in [4.69, 9.17) is 21.6 Å². The van der Waals surface area contributed by atoms with Gasteiger partial charge in [-0.2, -0.15) is 5.26 Å². The zero-order valence-electron chi connectivity index (χ0n) is 9.01. The second-order valence-electron chi connectivity index (χ2n) is 3.22. The van der Waals surface area contributed by atoms with Gasteiger partial charge >= 0.3 is 0 Å². The molecule has 0 bridgehead atoms. The molecule has 0 aliphatic heterocycles. The lowest BCUT2D eigenvalue weighted by atomic mass is 10.1. The van der Waals surface area contributed by atoms with E-state index in [0.717, 1.165) is 0 Å². The summed E-state index contributed by atoms with van der Waals surface area (Å²) in [6.45, 7) is 0. The van der Waals surface area contributed by atoms with E-state index in [1.165, 1.54) is 6.20 Å². The molecule has 17 heavy (non-hydrogen) atoms. The van der Waals surface area contributed by atoms with Crippen molar-refractivity contribution in [1.29, 1.82) is 5.26 Å². The van der Waals surface area contributed by atoms with Crippen molar-refractivity contribution >= 4 is 11.6 Å². The topological polar surface area (TPSA) is 58.8 Å². The summed E-state index contributed by atoms with van der Waals surface area (Å²) in [5.74, 6) is 0.603. The van der Waals surface area contributed by atoms with Crippen LogP contribution in [0.25, 0.3) is 11.3 Å². The molecule has 1 heterocycles. The van der Waals surface area contributed by atoms with Gasteiger partial charge in [0.1, 0.15) is 11.4 Å². The van der Waals surface area contributed by atoms with Crippen LogP contribution in [0.15, 0.2) is 30.6 Å². The highest BCUT2D eigenvalue weighted by molar-refractivity contribution is 6.31. The maximum Gasteiger partial charge on any atom is 0.155 e. The van der Waals surface area contributed by atoms with Crippen molar-refractivity contribution in [2.24, 2.45) is 0 Å². The van der Waals surface area contributed by atoms with Gasteiger partial charge in [-0.1, -0.05) is 11.6 Å². The standard InChI is InChI=1S/C12H8ClN3O/c1-17-10-3-2-8(7-14)6-9(10)11-12(13)16-5-4-15-11/h2-6H,1H3. The molecule has 0 atom stereocenters. The number of rotatable bonds is 2. The number of methoxy groups -OCH3 is 1. The molecular weight excluding hydrogens is 238 g/mol. The Morgan fingerprint density at radius 2 is 2.06 bits per heavy atom. The first-order chi connectivity index (χ1) is 8.26. The molecule has 4 nitrogen and oxygen atoms in total. The summed E-state index contributed by atoms with van der Waals surface area (Å²) in [5, 5.41) is 9.16. The lowest BCUT2D eigenvalue weighted by Crippen LogP contribution is -1.93. The van der Waals surface area contributed by atoms with Gasteiger partial charge in [0.15, 0.2) is 5.15 Å². The van der Waals surface area contributed by atoms with Crippen molar-refractivity contribution < 1.29 is 4.74 Å². The molecule has 5 heteroatoms. The minimum Gasteiger partial charge on any atom is -0.496 e. The molecule has 0 aliphatic carbocycles. The summed E-state index contributed by atoms with van der Waals surface area (Å²) in [5.41, 5.74) is 1.68. The summed E-state index contributed by atoms with van der Waals surface area (Å²) >= 11 is 5.97. The fourth-order valence-electron chi connectivity index (χ4n) is 1.46. The minimum atomic E-state index is 0.279. The second-order valence-corrected chi connectivity index (χ2v) is 3.58. The van der Waals surface area contributed by atoms with Gasteiger partial charge in [-0.3, -0.25) is 4.98 Å². The van der Waals surface area contributed by atoms with Gasteiger partial charge in [-0.05, 0) is 18.2 Å². The number of ether oxygens (including phenoxy) is 1. The van der Waals surface area contributed by atoms with Gasteiger partial charge in [0.05, 0.1) is 18.7 Å². The zero-order valence-corrected chi connectivity index (χ0v) is 9.77. The third-order valence-corrected chi connectivity index (χ3v) is 2.51. The molecule has 0 spiro atoms. The summed E-state index contributed by atoms with van der Waals surface area (Å²) in [4.78, 5) is 8.10. The van der Waals surface area contributed by atoms with E-state index in [2.05, 4.69) is 16.0 Å². The van der Waals surface area contributed by atoms with Gasteiger partial charge in [0.2, 0.25) is 0 Å². The molecule has 1 aromatic carbocycles. The number of hydrogen-bond acceptors (Lipinski definition) is 4. The summed E-state index contributed by atoms with van der Waals surface area (Å²) in [7, 11) is 1.55. The third kappa shape index (κ3) is 2.19. The fourth-order valence-corrected chi connectivity index (χ4v) is 1.67. The van der Waals surface area contributed by atoms with Crippen molar-refractivity contribution in [3.8, 4) is 23.1 Å². The van der Waals surface area contributed by atoms with E-state index < -0.39 is 0 Å². The maximum absolute atomic E-state index is 8.88. The summed E-state index contributed by atoms with van der Waals surface area (Å²) < 4.78 is 5.22. The van der Waals surface area contributed by atoms with Crippen LogP contribution >= 0.6 is 11.6 Å². The van der Waals surface area contributed by atoms with Crippen LogP contribution < -0.4 is 4.74 Å². The summed E-state index contributed by atoms with van der Waals surface area (Å²) in [6, 6.07) is 7.12. The molecule has 0 unspecified atom stereocenters. The molecule has 0 radical (unpaired) electrons. The highest BCUT2D eigenvalue weighted by Gasteiger charge is 2.12. The highest BCUT2D eigenvalue weighted by Crippen LogP contribution is 2.32. The first-order valence-corrected chi connectivity index (χ1v) is 5.19. The van der Waals surface area contributed by atoms with Crippen molar-refractivity contribution in [2.45, 2.75) is 0 Å². The van der Waals surface area contributed by atoms with Crippen molar-refractivity contribution in [2.75, 3.05) is 7.11 Å². The number of benzene rings is 1. The molecule has 0 saturated heterocycles. The Morgan fingerprint density at radius 3 is 2.71 bits per heavy atom. The molecular formula is C12H8ClN3O. The van der Waals surface area contributed by atoms with E-state index in [1.807, 2.05) is 0 Å². The molecule has 2 aromatic rings. The van der Waals surface area contributed by atoms with E-state index in [1.54, 1.807) is 31.5 Å². The van der Waals surface area contributed by atoms with Crippen molar-refractivity contribution in [3.05, 3.63) is 41.3 Å². The fraction of sp³-hybridized carbons (Fsp3) is 0.0833. The highest BCUT2D eigenvalue weighted by atomic mass is 35.5. The van der Waals surface area contributed by atoms with Crippen LogP contribution in [0.2, 0.25) is 5.15 Å². The molecule has 0 amide bonds. The predicted octanol–water partition coefficient (Wildman–Crippen LogP) is 2.68. The van der Waals surface area contributed by atoms with Crippen LogP contribution in [-0.4, -0.2) is 17.1 Å². The molecule has 0 aliphatic rings. The van der Waals surface area contributed by atoms with E-state index in [9.17, 15) is 0 Å². The maximum atomic E-state index is 8.88. The lowest BCUT2D eigenvalue weighted by molar-refractivity contribution is 0.416. The lowest BCUT2D eigenvalue weighted by Gasteiger charge is -2.08. The number of halogens is 1. The first kappa shape index (κ1) is 11.4. The SMILES string of the molecule is COc1ccc(C#N)cc1-c1nccnc1Cl.